The van der Waals surface area contributed by atoms with Crippen LogP contribution in [0.2, 0.25) is 0 Å². The molecule has 1 aliphatic rings. The molecule has 0 aromatic heterocycles. The van der Waals surface area contributed by atoms with Gasteiger partial charge in [-0.2, -0.15) is 0 Å². The number of amides is 1. The van der Waals surface area contributed by atoms with Gasteiger partial charge in [0.05, 0.1) is 11.3 Å². The summed E-state index contributed by atoms with van der Waals surface area (Å²) in [7, 11) is 0. The number of hydrogen-bond acceptors (Lipinski definition) is 1. The van der Waals surface area contributed by atoms with E-state index >= 15 is 0 Å². The second kappa shape index (κ2) is 7.12. The molecule has 3 unspecified atom stereocenters. The summed E-state index contributed by atoms with van der Waals surface area (Å²) < 4.78 is 0. The van der Waals surface area contributed by atoms with Gasteiger partial charge >= 0.3 is 0 Å². The summed E-state index contributed by atoms with van der Waals surface area (Å²) in [5.41, 5.74) is 1.09. The van der Waals surface area contributed by atoms with Crippen molar-refractivity contribution in [3.63, 3.8) is 0 Å². The number of rotatable bonds is 7. The first-order valence-corrected chi connectivity index (χ1v) is 8.03. The molecule has 0 saturated heterocycles. The molecule has 0 radical (unpaired) electrons. The molecule has 1 aromatic carbocycles. The fraction of sp³-hybridized carbons (Fsp3) is 0.588. The highest BCUT2D eigenvalue weighted by molar-refractivity contribution is 6.21. The number of carbonyl (C=O) groups is 1. The molecule has 1 N–H and O–H groups in total. The molecule has 1 aliphatic carbocycles. The molecule has 110 valence electrons. The molecule has 20 heavy (non-hydrogen) atoms. The molecule has 1 amide bonds. The monoisotopic (exact) mass is 293 g/mol. The van der Waals surface area contributed by atoms with E-state index in [-0.39, 0.29) is 17.2 Å². The third-order valence-corrected chi connectivity index (χ3v) is 4.77. The van der Waals surface area contributed by atoms with Crippen LogP contribution in [0.25, 0.3) is 0 Å². The molecule has 0 heterocycles. The standard InChI is InChI=1S/C17H24ClNO/c1-3-12(2)16(14-7-5-4-6-8-14)17(20)19-11-15(18)13-9-10-13/h4-8,12-13,15-16H,3,9-11H2,1-2H3,(H,19,20). The first kappa shape index (κ1) is 15.4. The van der Waals surface area contributed by atoms with Gasteiger partial charge in [0.2, 0.25) is 5.91 Å². The normalized spacial score (nSPS) is 19.1. The van der Waals surface area contributed by atoms with E-state index in [2.05, 4.69) is 19.2 Å². The summed E-state index contributed by atoms with van der Waals surface area (Å²) in [5, 5.41) is 3.14. The molecule has 3 heteroatoms. The van der Waals surface area contributed by atoms with E-state index in [4.69, 9.17) is 11.6 Å². The lowest BCUT2D eigenvalue weighted by molar-refractivity contribution is -0.123. The summed E-state index contributed by atoms with van der Waals surface area (Å²) in [6.07, 6.45) is 3.40. The van der Waals surface area contributed by atoms with Crippen molar-refractivity contribution in [2.45, 2.75) is 44.4 Å². The molecule has 3 atom stereocenters. The van der Waals surface area contributed by atoms with Crippen LogP contribution in [0.15, 0.2) is 30.3 Å². The molecule has 1 fully saturated rings. The zero-order chi connectivity index (χ0) is 14.5. The number of benzene rings is 1. The van der Waals surface area contributed by atoms with Crippen LogP contribution in [-0.2, 0) is 4.79 Å². The molecule has 0 spiro atoms. The van der Waals surface area contributed by atoms with Crippen molar-refractivity contribution in [1.82, 2.24) is 5.32 Å². The van der Waals surface area contributed by atoms with Crippen LogP contribution >= 0.6 is 11.6 Å². The number of halogens is 1. The van der Waals surface area contributed by atoms with Gasteiger partial charge in [-0.3, -0.25) is 4.79 Å². The minimum Gasteiger partial charge on any atom is -0.354 e. The van der Waals surface area contributed by atoms with Crippen molar-refractivity contribution < 1.29 is 4.79 Å². The smallest absolute Gasteiger partial charge is 0.227 e. The van der Waals surface area contributed by atoms with Gasteiger partial charge in [0.25, 0.3) is 0 Å². The van der Waals surface area contributed by atoms with Gasteiger partial charge in [-0.1, -0.05) is 50.6 Å². The van der Waals surface area contributed by atoms with Crippen LogP contribution in [0.4, 0.5) is 0 Å². The molecular formula is C17H24ClNO. The van der Waals surface area contributed by atoms with E-state index in [0.29, 0.717) is 18.4 Å². The fourth-order valence-electron chi connectivity index (χ4n) is 2.57. The Labute approximate surface area is 126 Å². The van der Waals surface area contributed by atoms with Gasteiger partial charge in [0, 0.05) is 6.54 Å². The number of nitrogens with one attached hydrogen (secondary N) is 1. The Hall–Kier alpha value is -1.02. The van der Waals surface area contributed by atoms with Crippen LogP contribution < -0.4 is 5.32 Å². The molecular weight excluding hydrogens is 270 g/mol. The Morgan fingerprint density at radius 3 is 2.55 bits per heavy atom. The average molecular weight is 294 g/mol. The second-order valence-electron chi connectivity index (χ2n) is 5.87. The van der Waals surface area contributed by atoms with Crippen molar-refractivity contribution in [1.29, 1.82) is 0 Å². The predicted octanol–water partition coefficient (Wildman–Crippen LogP) is 3.95. The van der Waals surface area contributed by atoms with Crippen molar-refractivity contribution in [2.24, 2.45) is 11.8 Å². The Balaban J connectivity index is 2.00. The zero-order valence-corrected chi connectivity index (χ0v) is 13.1. The van der Waals surface area contributed by atoms with Crippen molar-refractivity contribution in [3.8, 4) is 0 Å². The lowest BCUT2D eigenvalue weighted by Gasteiger charge is -2.23. The Bertz CT molecular complexity index is 430. The lowest BCUT2D eigenvalue weighted by Crippen LogP contribution is -2.36. The first-order valence-electron chi connectivity index (χ1n) is 7.60. The van der Waals surface area contributed by atoms with Crippen molar-refractivity contribution in [3.05, 3.63) is 35.9 Å². The third kappa shape index (κ3) is 3.99. The molecule has 2 rings (SSSR count). The Morgan fingerprint density at radius 1 is 1.35 bits per heavy atom. The maximum Gasteiger partial charge on any atom is 0.227 e. The number of hydrogen-bond donors (Lipinski definition) is 1. The summed E-state index contributed by atoms with van der Waals surface area (Å²) >= 11 is 6.27. The topological polar surface area (TPSA) is 29.1 Å². The van der Waals surface area contributed by atoms with E-state index in [9.17, 15) is 4.79 Å². The SMILES string of the molecule is CCC(C)C(C(=O)NCC(Cl)C1CC1)c1ccccc1. The summed E-state index contributed by atoms with van der Waals surface area (Å²) in [4.78, 5) is 12.5. The quantitative estimate of drug-likeness (QED) is 0.758. The average Bonchev–Trinajstić information content (AvgIpc) is 3.30. The fourth-order valence-corrected chi connectivity index (χ4v) is 2.90. The number of carbonyl (C=O) groups excluding carboxylic acids is 1. The minimum atomic E-state index is -0.0794. The maximum atomic E-state index is 12.5. The van der Waals surface area contributed by atoms with Crippen molar-refractivity contribution in [2.75, 3.05) is 6.54 Å². The highest BCUT2D eigenvalue weighted by Gasteiger charge is 2.31. The van der Waals surface area contributed by atoms with Crippen LogP contribution in [0, 0.1) is 11.8 Å². The summed E-state index contributed by atoms with van der Waals surface area (Å²) in [6, 6.07) is 10.0. The van der Waals surface area contributed by atoms with E-state index in [1.807, 2.05) is 30.3 Å². The van der Waals surface area contributed by atoms with Crippen molar-refractivity contribution >= 4 is 17.5 Å². The second-order valence-corrected chi connectivity index (χ2v) is 6.43. The van der Waals surface area contributed by atoms with Crippen LogP contribution in [0.3, 0.4) is 0 Å². The molecule has 1 saturated carbocycles. The minimum absolute atomic E-state index is 0.0794. The predicted molar refractivity (Wildman–Crippen MR) is 84.0 cm³/mol. The molecule has 2 nitrogen and oxygen atoms in total. The van der Waals surface area contributed by atoms with E-state index < -0.39 is 0 Å². The zero-order valence-electron chi connectivity index (χ0n) is 12.3. The van der Waals surface area contributed by atoms with Gasteiger partial charge in [-0.25, -0.2) is 0 Å². The highest BCUT2D eigenvalue weighted by Crippen LogP contribution is 2.35. The Morgan fingerprint density at radius 2 is 2.00 bits per heavy atom. The van der Waals surface area contributed by atoms with Gasteiger partial charge in [0.15, 0.2) is 0 Å². The molecule has 0 aliphatic heterocycles. The maximum absolute atomic E-state index is 12.5. The van der Waals surface area contributed by atoms with E-state index in [0.717, 1.165) is 12.0 Å². The third-order valence-electron chi connectivity index (χ3n) is 4.26. The molecule has 1 aromatic rings. The van der Waals surface area contributed by atoms with Gasteiger partial charge in [-0.15, -0.1) is 11.6 Å². The van der Waals surface area contributed by atoms with E-state index in [1.54, 1.807) is 0 Å². The number of alkyl halides is 1. The van der Waals surface area contributed by atoms with Gasteiger partial charge < -0.3 is 5.32 Å². The van der Waals surface area contributed by atoms with Crippen LogP contribution in [0.1, 0.15) is 44.6 Å². The largest absolute Gasteiger partial charge is 0.354 e. The first-order chi connectivity index (χ1) is 9.63. The highest BCUT2D eigenvalue weighted by atomic mass is 35.5. The van der Waals surface area contributed by atoms with Crippen LogP contribution in [-0.4, -0.2) is 17.8 Å². The Kier molecular flexibility index (Phi) is 5.47. The molecule has 0 bridgehead atoms. The van der Waals surface area contributed by atoms with E-state index in [1.165, 1.54) is 12.8 Å². The lowest BCUT2D eigenvalue weighted by atomic mass is 9.85. The van der Waals surface area contributed by atoms with Gasteiger partial charge in [-0.05, 0) is 30.2 Å². The summed E-state index contributed by atoms with van der Waals surface area (Å²) in [5.74, 6) is 0.962. The summed E-state index contributed by atoms with van der Waals surface area (Å²) in [6.45, 7) is 4.85. The van der Waals surface area contributed by atoms with Crippen LogP contribution in [0.5, 0.6) is 0 Å². The van der Waals surface area contributed by atoms with Gasteiger partial charge in [0.1, 0.15) is 0 Å².